The maximum absolute atomic E-state index is 3.41. The van der Waals surface area contributed by atoms with E-state index in [1.54, 1.807) is 0 Å². The standard InChI is InChI=1S/C30H41N3/c1-7-31-27-16-12-24(13-17-27)29(25-14-18-28(19-15-25)32(8-2)9-3)26-20-22-30(6,23-21-26)33(10-4)11-5/h12-23,31H,7-11H2,1-6H3. The molecule has 0 saturated heterocycles. The van der Waals surface area contributed by atoms with Gasteiger partial charge < -0.3 is 10.2 Å². The van der Waals surface area contributed by atoms with E-state index in [-0.39, 0.29) is 5.54 Å². The van der Waals surface area contributed by atoms with Crippen molar-refractivity contribution in [2.45, 2.75) is 47.1 Å². The number of nitrogens with zero attached hydrogens (tertiary/aromatic N) is 2. The van der Waals surface area contributed by atoms with Crippen LogP contribution in [0, 0.1) is 0 Å². The number of hydrogen-bond donors (Lipinski definition) is 1. The van der Waals surface area contributed by atoms with Gasteiger partial charge in [0.25, 0.3) is 0 Å². The van der Waals surface area contributed by atoms with Crippen LogP contribution in [-0.2, 0) is 0 Å². The van der Waals surface area contributed by atoms with E-state index in [1.807, 2.05) is 0 Å². The molecule has 0 fully saturated rings. The van der Waals surface area contributed by atoms with E-state index >= 15 is 0 Å². The van der Waals surface area contributed by atoms with Gasteiger partial charge in [-0.3, -0.25) is 4.90 Å². The van der Waals surface area contributed by atoms with Gasteiger partial charge in [-0.2, -0.15) is 0 Å². The largest absolute Gasteiger partial charge is 0.385 e. The Kier molecular flexibility index (Phi) is 8.57. The highest BCUT2D eigenvalue weighted by molar-refractivity contribution is 5.86. The molecule has 0 radical (unpaired) electrons. The second-order valence-electron chi connectivity index (χ2n) is 8.72. The van der Waals surface area contributed by atoms with Crippen molar-refractivity contribution in [2.75, 3.05) is 42.9 Å². The van der Waals surface area contributed by atoms with Crippen molar-refractivity contribution in [3.05, 3.63) is 89.5 Å². The first-order valence-electron chi connectivity index (χ1n) is 12.6. The lowest BCUT2D eigenvalue weighted by Gasteiger charge is -2.37. The minimum Gasteiger partial charge on any atom is -0.385 e. The zero-order chi connectivity index (χ0) is 23.8. The lowest BCUT2D eigenvalue weighted by atomic mass is 9.86. The fourth-order valence-electron chi connectivity index (χ4n) is 4.80. The molecule has 0 unspecified atom stereocenters. The molecule has 0 saturated carbocycles. The van der Waals surface area contributed by atoms with Gasteiger partial charge in [-0.15, -0.1) is 0 Å². The van der Waals surface area contributed by atoms with Gasteiger partial charge in [0, 0.05) is 31.0 Å². The Morgan fingerprint density at radius 3 is 1.70 bits per heavy atom. The fraction of sp³-hybridized carbons (Fsp3) is 0.400. The van der Waals surface area contributed by atoms with Crippen molar-refractivity contribution in [1.29, 1.82) is 0 Å². The predicted molar refractivity (Wildman–Crippen MR) is 146 cm³/mol. The van der Waals surface area contributed by atoms with E-state index in [9.17, 15) is 0 Å². The lowest BCUT2D eigenvalue weighted by molar-refractivity contribution is 0.205. The Labute approximate surface area is 201 Å². The van der Waals surface area contributed by atoms with Crippen molar-refractivity contribution >= 4 is 16.9 Å². The predicted octanol–water partition coefficient (Wildman–Crippen LogP) is 6.99. The summed E-state index contributed by atoms with van der Waals surface area (Å²) in [4.78, 5) is 4.87. The molecule has 0 heterocycles. The Bertz CT molecular complexity index is 956. The van der Waals surface area contributed by atoms with Crippen LogP contribution >= 0.6 is 0 Å². The Balaban J connectivity index is 2.06. The Morgan fingerprint density at radius 1 is 0.727 bits per heavy atom. The minimum absolute atomic E-state index is 0.0420. The van der Waals surface area contributed by atoms with E-state index in [0.29, 0.717) is 0 Å². The van der Waals surface area contributed by atoms with Gasteiger partial charge in [-0.25, -0.2) is 0 Å². The number of hydrogen-bond acceptors (Lipinski definition) is 3. The summed E-state index contributed by atoms with van der Waals surface area (Å²) in [5, 5.41) is 3.41. The average molecular weight is 444 g/mol. The quantitative estimate of drug-likeness (QED) is 0.427. The summed E-state index contributed by atoms with van der Waals surface area (Å²) in [6.45, 7) is 18.3. The van der Waals surface area contributed by atoms with Crippen LogP contribution < -0.4 is 10.2 Å². The maximum Gasteiger partial charge on any atom is 0.0552 e. The smallest absolute Gasteiger partial charge is 0.0552 e. The number of likely N-dealkylation sites (N-methyl/N-ethyl adjacent to an activating group) is 1. The van der Waals surface area contributed by atoms with Gasteiger partial charge in [-0.05, 0) is 87.3 Å². The molecule has 0 amide bonds. The highest BCUT2D eigenvalue weighted by Gasteiger charge is 2.26. The molecule has 1 aliphatic carbocycles. The molecular weight excluding hydrogens is 402 g/mol. The molecule has 0 aromatic heterocycles. The van der Waals surface area contributed by atoms with Gasteiger partial charge in [0.1, 0.15) is 0 Å². The molecule has 0 bridgehead atoms. The normalized spacial score (nSPS) is 17.5. The summed E-state index contributed by atoms with van der Waals surface area (Å²) in [6.07, 6.45) is 9.33. The van der Waals surface area contributed by atoms with Crippen molar-refractivity contribution in [2.24, 2.45) is 0 Å². The maximum atomic E-state index is 3.41. The summed E-state index contributed by atoms with van der Waals surface area (Å²) < 4.78 is 0. The first-order chi connectivity index (χ1) is 16.0. The Morgan fingerprint density at radius 2 is 1.24 bits per heavy atom. The molecule has 33 heavy (non-hydrogen) atoms. The van der Waals surface area contributed by atoms with Crippen LogP contribution in [0.4, 0.5) is 11.4 Å². The zero-order valence-electron chi connectivity index (χ0n) is 21.4. The van der Waals surface area contributed by atoms with Crippen LogP contribution in [0.1, 0.15) is 52.7 Å². The number of rotatable bonds is 10. The molecule has 0 atom stereocenters. The minimum atomic E-state index is -0.0420. The first kappa shape index (κ1) is 24.9. The van der Waals surface area contributed by atoms with Crippen LogP contribution in [0.3, 0.4) is 0 Å². The van der Waals surface area contributed by atoms with Crippen LogP contribution in [0.2, 0.25) is 0 Å². The molecule has 1 N–H and O–H groups in total. The van der Waals surface area contributed by atoms with Gasteiger partial charge >= 0.3 is 0 Å². The average Bonchev–Trinajstić information content (AvgIpc) is 2.84. The first-order valence-corrected chi connectivity index (χ1v) is 12.6. The molecule has 1 aliphatic rings. The molecule has 0 aliphatic heterocycles. The zero-order valence-corrected chi connectivity index (χ0v) is 21.4. The molecule has 176 valence electrons. The monoisotopic (exact) mass is 443 g/mol. The second kappa shape index (κ2) is 11.4. The van der Waals surface area contributed by atoms with E-state index in [1.165, 1.54) is 28.0 Å². The van der Waals surface area contributed by atoms with E-state index < -0.39 is 0 Å². The van der Waals surface area contributed by atoms with E-state index in [0.717, 1.165) is 38.4 Å². The summed E-state index contributed by atoms with van der Waals surface area (Å²) >= 11 is 0. The van der Waals surface area contributed by atoms with Gasteiger partial charge in [0.2, 0.25) is 0 Å². The topological polar surface area (TPSA) is 18.5 Å². The summed E-state index contributed by atoms with van der Waals surface area (Å²) in [5.74, 6) is 0. The third-order valence-electron chi connectivity index (χ3n) is 6.77. The summed E-state index contributed by atoms with van der Waals surface area (Å²) in [6, 6.07) is 17.9. The van der Waals surface area contributed by atoms with Gasteiger partial charge in [-0.1, -0.05) is 62.4 Å². The van der Waals surface area contributed by atoms with Crippen molar-refractivity contribution in [3.63, 3.8) is 0 Å². The SMILES string of the molecule is CCNc1ccc(C(=C2C=CC(C)(N(CC)CC)C=C2)c2ccc(N(CC)CC)cc2)cc1. The second-order valence-corrected chi connectivity index (χ2v) is 8.72. The number of nitrogens with one attached hydrogen (secondary N) is 1. The molecule has 0 spiro atoms. The van der Waals surface area contributed by atoms with E-state index in [2.05, 4.69) is 129 Å². The molecule has 2 aromatic rings. The van der Waals surface area contributed by atoms with Crippen molar-refractivity contribution < 1.29 is 0 Å². The van der Waals surface area contributed by atoms with Crippen LogP contribution in [0.15, 0.2) is 78.4 Å². The number of benzene rings is 2. The van der Waals surface area contributed by atoms with Crippen LogP contribution in [0.25, 0.3) is 5.57 Å². The highest BCUT2D eigenvalue weighted by atomic mass is 15.2. The van der Waals surface area contributed by atoms with E-state index in [4.69, 9.17) is 0 Å². The summed E-state index contributed by atoms with van der Waals surface area (Å²) in [7, 11) is 0. The van der Waals surface area contributed by atoms with Gasteiger partial charge in [0.15, 0.2) is 0 Å². The molecule has 2 aromatic carbocycles. The van der Waals surface area contributed by atoms with Crippen molar-refractivity contribution in [3.8, 4) is 0 Å². The molecule has 3 rings (SSSR count). The highest BCUT2D eigenvalue weighted by Crippen LogP contribution is 2.34. The molecular formula is C30H41N3. The van der Waals surface area contributed by atoms with Crippen LogP contribution in [0.5, 0.6) is 0 Å². The third-order valence-corrected chi connectivity index (χ3v) is 6.77. The Hall–Kier alpha value is -2.78. The summed E-state index contributed by atoms with van der Waals surface area (Å²) in [5.41, 5.74) is 7.41. The fourth-order valence-corrected chi connectivity index (χ4v) is 4.80. The van der Waals surface area contributed by atoms with Crippen LogP contribution in [-0.4, -0.2) is 43.2 Å². The molecule has 3 nitrogen and oxygen atoms in total. The number of anilines is 2. The third kappa shape index (κ3) is 5.59. The number of allylic oxidation sites excluding steroid dienone is 3. The van der Waals surface area contributed by atoms with Gasteiger partial charge in [0.05, 0.1) is 5.54 Å². The lowest BCUT2D eigenvalue weighted by Crippen LogP contribution is -2.43. The van der Waals surface area contributed by atoms with Crippen molar-refractivity contribution in [1.82, 2.24) is 4.90 Å². The molecule has 3 heteroatoms.